The van der Waals surface area contributed by atoms with Gasteiger partial charge in [0.25, 0.3) is 5.91 Å². The highest BCUT2D eigenvalue weighted by atomic mass is 19.1. The smallest absolute Gasteiger partial charge is 0.254 e. The monoisotopic (exact) mass is 406 g/mol. The maximum atomic E-state index is 14.3. The zero-order valence-electron chi connectivity index (χ0n) is 17.0. The highest BCUT2D eigenvalue weighted by molar-refractivity contribution is 6.10. The van der Waals surface area contributed by atoms with E-state index < -0.39 is 5.82 Å². The molecule has 7 heteroatoms. The lowest BCUT2D eigenvalue weighted by atomic mass is 9.93. The minimum atomic E-state index is -0.401. The molecule has 3 aromatic rings. The number of pyridine rings is 1. The quantitative estimate of drug-likeness (QED) is 0.650. The molecule has 30 heavy (non-hydrogen) atoms. The van der Waals surface area contributed by atoms with Gasteiger partial charge in [0.15, 0.2) is 0 Å². The van der Waals surface area contributed by atoms with Crippen LogP contribution in [-0.2, 0) is 4.74 Å². The number of nitrogens with zero attached hydrogens (tertiary/aromatic N) is 2. The lowest BCUT2D eigenvalue weighted by molar-refractivity contribution is 0.0961. The number of para-hydroxylation sites is 1. The molecule has 1 aliphatic rings. The molecule has 1 aliphatic heterocycles. The molecule has 1 amide bonds. The average Bonchev–Trinajstić information content (AvgIpc) is 2.79. The van der Waals surface area contributed by atoms with Crippen molar-refractivity contribution in [1.29, 1.82) is 5.41 Å². The SMILES string of the molecule is CNC(=O)c1cnc2c(-c3cc(F)cc(C=N)c3C)cccc2c1N1CCOCC1. The highest BCUT2D eigenvalue weighted by Crippen LogP contribution is 2.37. The minimum absolute atomic E-state index is 0.204. The number of benzene rings is 2. The third kappa shape index (κ3) is 3.41. The largest absolute Gasteiger partial charge is 0.378 e. The van der Waals surface area contributed by atoms with E-state index in [0.717, 1.165) is 28.4 Å². The van der Waals surface area contributed by atoms with E-state index in [0.29, 0.717) is 48.5 Å². The predicted molar refractivity (Wildman–Crippen MR) is 116 cm³/mol. The Morgan fingerprint density at radius 2 is 2.03 bits per heavy atom. The highest BCUT2D eigenvalue weighted by Gasteiger charge is 2.23. The van der Waals surface area contributed by atoms with Gasteiger partial charge in [0.1, 0.15) is 5.82 Å². The second kappa shape index (κ2) is 8.20. The van der Waals surface area contributed by atoms with E-state index in [1.807, 2.05) is 25.1 Å². The summed E-state index contributed by atoms with van der Waals surface area (Å²) < 4.78 is 19.8. The molecule has 2 heterocycles. The number of ether oxygens (including phenoxy) is 1. The summed E-state index contributed by atoms with van der Waals surface area (Å²) in [5, 5.41) is 11.1. The van der Waals surface area contributed by atoms with Crippen molar-refractivity contribution in [3.8, 4) is 11.1 Å². The lowest BCUT2D eigenvalue weighted by Gasteiger charge is -2.31. The van der Waals surface area contributed by atoms with Gasteiger partial charge in [-0.15, -0.1) is 0 Å². The molecule has 0 saturated carbocycles. The molecule has 0 unspecified atom stereocenters. The van der Waals surface area contributed by atoms with Crippen molar-refractivity contribution in [1.82, 2.24) is 10.3 Å². The predicted octanol–water partition coefficient (Wildman–Crippen LogP) is 3.54. The summed E-state index contributed by atoms with van der Waals surface area (Å²) in [6.45, 7) is 4.38. The van der Waals surface area contributed by atoms with Crippen molar-refractivity contribution in [2.24, 2.45) is 0 Å². The number of halogens is 1. The number of fused-ring (bicyclic) bond motifs is 1. The van der Waals surface area contributed by atoms with E-state index in [1.165, 1.54) is 12.1 Å². The van der Waals surface area contributed by atoms with E-state index in [2.05, 4.69) is 15.2 Å². The summed E-state index contributed by atoms with van der Waals surface area (Å²) in [6, 6.07) is 8.56. The first-order valence-corrected chi connectivity index (χ1v) is 9.82. The van der Waals surface area contributed by atoms with Crippen LogP contribution >= 0.6 is 0 Å². The summed E-state index contributed by atoms with van der Waals surface area (Å²) in [7, 11) is 1.60. The molecule has 1 aromatic heterocycles. The molecule has 0 atom stereocenters. The van der Waals surface area contributed by atoms with Crippen LogP contribution in [-0.4, -0.2) is 50.5 Å². The lowest BCUT2D eigenvalue weighted by Crippen LogP contribution is -2.38. The first-order valence-electron chi connectivity index (χ1n) is 9.82. The van der Waals surface area contributed by atoms with E-state index >= 15 is 0 Å². The Bertz CT molecular complexity index is 1140. The molecule has 2 aromatic carbocycles. The molecule has 154 valence electrons. The van der Waals surface area contributed by atoms with E-state index in [1.54, 1.807) is 13.2 Å². The van der Waals surface area contributed by atoms with Crippen LogP contribution in [0.3, 0.4) is 0 Å². The molecule has 0 bridgehead atoms. The Labute approximate surface area is 174 Å². The topological polar surface area (TPSA) is 78.3 Å². The first kappa shape index (κ1) is 20.0. The Hall–Kier alpha value is -3.32. The van der Waals surface area contributed by atoms with Gasteiger partial charge in [-0.2, -0.15) is 0 Å². The molecule has 6 nitrogen and oxygen atoms in total. The van der Waals surface area contributed by atoms with Crippen molar-refractivity contribution < 1.29 is 13.9 Å². The maximum Gasteiger partial charge on any atom is 0.254 e. The molecule has 4 rings (SSSR count). The maximum absolute atomic E-state index is 14.3. The van der Waals surface area contributed by atoms with Crippen LogP contribution in [0.1, 0.15) is 21.5 Å². The molecule has 2 N–H and O–H groups in total. The number of amides is 1. The molecular formula is C23H23FN4O2. The Morgan fingerprint density at radius 1 is 1.27 bits per heavy atom. The summed E-state index contributed by atoms with van der Waals surface area (Å²) in [5.74, 6) is -0.606. The van der Waals surface area contributed by atoms with Gasteiger partial charge in [-0.3, -0.25) is 9.78 Å². The number of nitrogens with one attached hydrogen (secondary N) is 2. The number of morpholine rings is 1. The van der Waals surface area contributed by atoms with Crippen molar-refractivity contribution in [2.75, 3.05) is 38.3 Å². The summed E-state index contributed by atoms with van der Waals surface area (Å²) in [4.78, 5) is 19.3. The van der Waals surface area contributed by atoms with Gasteiger partial charge in [0.05, 0.1) is 30.0 Å². The zero-order valence-corrected chi connectivity index (χ0v) is 17.0. The van der Waals surface area contributed by atoms with Crippen LogP contribution in [0.4, 0.5) is 10.1 Å². The fourth-order valence-electron chi connectivity index (χ4n) is 3.98. The summed E-state index contributed by atoms with van der Waals surface area (Å²) in [5.41, 5.74) is 4.79. The van der Waals surface area contributed by atoms with Gasteiger partial charge >= 0.3 is 0 Å². The summed E-state index contributed by atoms with van der Waals surface area (Å²) in [6.07, 6.45) is 2.74. The molecule has 0 radical (unpaired) electrons. The molecular weight excluding hydrogens is 383 g/mol. The molecule has 0 spiro atoms. The normalized spacial score (nSPS) is 14.0. The fraction of sp³-hybridized carbons (Fsp3) is 0.261. The van der Waals surface area contributed by atoms with E-state index in [4.69, 9.17) is 10.1 Å². The minimum Gasteiger partial charge on any atom is -0.378 e. The Kier molecular flexibility index (Phi) is 5.46. The van der Waals surface area contributed by atoms with Gasteiger partial charge in [-0.1, -0.05) is 18.2 Å². The first-order chi connectivity index (χ1) is 14.5. The Balaban J connectivity index is 2.01. The number of carbonyl (C=O) groups excluding carboxylic acids is 1. The van der Waals surface area contributed by atoms with Crippen LogP contribution in [0.5, 0.6) is 0 Å². The third-order valence-corrected chi connectivity index (χ3v) is 5.53. The average molecular weight is 406 g/mol. The number of rotatable bonds is 4. The van der Waals surface area contributed by atoms with Crippen molar-refractivity contribution >= 4 is 28.7 Å². The fourth-order valence-corrected chi connectivity index (χ4v) is 3.98. The van der Waals surface area contributed by atoms with Crippen LogP contribution in [0, 0.1) is 18.2 Å². The van der Waals surface area contributed by atoms with Crippen molar-refractivity contribution in [2.45, 2.75) is 6.92 Å². The van der Waals surface area contributed by atoms with Crippen LogP contribution in [0.25, 0.3) is 22.0 Å². The van der Waals surface area contributed by atoms with Gasteiger partial charge in [0, 0.05) is 43.5 Å². The van der Waals surface area contributed by atoms with Gasteiger partial charge in [-0.05, 0) is 35.7 Å². The third-order valence-electron chi connectivity index (χ3n) is 5.53. The van der Waals surface area contributed by atoms with Gasteiger partial charge < -0.3 is 20.4 Å². The number of carbonyl (C=O) groups is 1. The number of hydrogen-bond acceptors (Lipinski definition) is 5. The molecule has 1 fully saturated rings. The van der Waals surface area contributed by atoms with Crippen LogP contribution < -0.4 is 10.2 Å². The van der Waals surface area contributed by atoms with Gasteiger partial charge in [-0.25, -0.2) is 4.39 Å². The van der Waals surface area contributed by atoms with Crippen LogP contribution in [0.2, 0.25) is 0 Å². The van der Waals surface area contributed by atoms with E-state index in [9.17, 15) is 9.18 Å². The second-order valence-electron chi connectivity index (χ2n) is 7.21. The second-order valence-corrected chi connectivity index (χ2v) is 7.21. The van der Waals surface area contributed by atoms with Crippen molar-refractivity contribution in [3.63, 3.8) is 0 Å². The summed E-state index contributed by atoms with van der Waals surface area (Å²) >= 11 is 0. The van der Waals surface area contributed by atoms with Crippen molar-refractivity contribution in [3.05, 3.63) is 59.0 Å². The molecule has 0 aliphatic carbocycles. The number of aromatic nitrogens is 1. The standard InChI is InChI=1S/C23H23FN4O2/c1-14-15(12-25)10-16(24)11-19(14)17-4-3-5-18-21(17)27-13-20(23(29)26-2)22(18)28-6-8-30-9-7-28/h3-5,10-13,25H,6-9H2,1-2H3,(H,26,29). The van der Waals surface area contributed by atoms with Gasteiger partial charge in [0.2, 0.25) is 0 Å². The van der Waals surface area contributed by atoms with Crippen LogP contribution in [0.15, 0.2) is 36.5 Å². The Morgan fingerprint density at radius 3 is 2.73 bits per heavy atom. The van der Waals surface area contributed by atoms with E-state index in [-0.39, 0.29) is 5.91 Å². The molecule has 1 saturated heterocycles. The number of anilines is 1. The zero-order chi connectivity index (χ0) is 21.3. The number of hydrogen-bond donors (Lipinski definition) is 2.